The van der Waals surface area contributed by atoms with Gasteiger partial charge < -0.3 is 20.5 Å². The number of nitrogen functional groups attached to an aromatic ring is 1. The average molecular weight is 496 g/mol. The number of pyridine rings is 1. The zero-order valence-corrected chi connectivity index (χ0v) is 21.2. The van der Waals surface area contributed by atoms with Crippen LogP contribution < -0.4 is 15.8 Å². The number of nitrogens with two attached hydrogens (primary N) is 1. The molecule has 0 saturated heterocycles. The van der Waals surface area contributed by atoms with Gasteiger partial charge in [-0.05, 0) is 56.5 Å². The van der Waals surface area contributed by atoms with E-state index in [0.717, 1.165) is 32.6 Å². The molecule has 0 radical (unpaired) electrons. The van der Waals surface area contributed by atoms with Gasteiger partial charge in [-0.2, -0.15) is 0 Å². The second kappa shape index (κ2) is 9.44. The van der Waals surface area contributed by atoms with E-state index in [1.807, 2.05) is 50.4 Å². The van der Waals surface area contributed by atoms with Crippen LogP contribution in [0.15, 0.2) is 29.6 Å². The minimum absolute atomic E-state index is 0.219. The number of benzene rings is 1. The molecule has 0 bridgehead atoms. The van der Waals surface area contributed by atoms with Crippen LogP contribution in [0.2, 0.25) is 0 Å². The van der Waals surface area contributed by atoms with Gasteiger partial charge in [0.2, 0.25) is 0 Å². The zero-order valence-electron chi connectivity index (χ0n) is 19.6. The van der Waals surface area contributed by atoms with Gasteiger partial charge in [-0.25, -0.2) is 9.78 Å². The first-order valence-corrected chi connectivity index (χ1v) is 12.4. The molecule has 0 fully saturated rings. The molecule has 3 aromatic heterocycles. The number of hydrogen-bond acceptors (Lipinski definition) is 8. The summed E-state index contributed by atoms with van der Waals surface area (Å²) < 4.78 is 10.5. The number of fused-ring (bicyclic) bond motifs is 1. The van der Waals surface area contributed by atoms with Crippen LogP contribution in [0.1, 0.15) is 43.8 Å². The maximum atomic E-state index is 13.3. The van der Waals surface area contributed by atoms with E-state index in [-0.39, 0.29) is 12.5 Å². The van der Waals surface area contributed by atoms with Crippen LogP contribution in [0.3, 0.4) is 0 Å². The van der Waals surface area contributed by atoms with Crippen LogP contribution >= 0.6 is 22.7 Å². The number of rotatable bonds is 6. The Labute approximate surface area is 205 Å². The minimum atomic E-state index is -0.502. The number of amides is 1. The predicted octanol–water partition coefficient (Wildman–Crippen LogP) is 5.97. The summed E-state index contributed by atoms with van der Waals surface area (Å²) in [5.74, 6) is -0.179. The number of anilines is 2. The zero-order chi connectivity index (χ0) is 24.6. The highest BCUT2D eigenvalue weighted by molar-refractivity contribution is 7.21. The summed E-state index contributed by atoms with van der Waals surface area (Å²) in [5.41, 5.74) is 11.6. The van der Waals surface area contributed by atoms with E-state index in [4.69, 9.17) is 15.2 Å². The van der Waals surface area contributed by atoms with E-state index in [2.05, 4.69) is 10.3 Å². The lowest BCUT2D eigenvalue weighted by Gasteiger charge is -2.09. The lowest BCUT2D eigenvalue weighted by atomic mass is 10.0. The number of esters is 1. The van der Waals surface area contributed by atoms with Crippen molar-refractivity contribution in [2.45, 2.75) is 27.7 Å². The van der Waals surface area contributed by atoms with Gasteiger partial charge >= 0.3 is 5.97 Å². The molecule has 0 aliphatic heterocycles. The van der Waals surface area contributed by atoms with E-state index in [1.54, 1.807) is 14.0 Å². The molecule has 9 heteroatoms. The van der Waals surface area contributed by atoms with Gasteiger partial charge in [0.25, 0.3) is 5.91 Å². The van der Waals surface area contributed by atoms with Crippen molar-refractivity contribution in [2.75, 3.05) is 24.8 Å². The van der Waals surface area contributed by atoms with Gasteiger partial charge in [0.05, 0.1) is 19.4 Å². The maximum Gasteiger partial charge on any atom is 0.341 e. The van der Waals surface area contributed by atoms with Crippen LogP contribution in [0.25, 0.3) is 21.3 Å². The molecule has 1 amide bonds. The smallest absolute Gasteiger partial charge is 0.341 e. The quantitative estimate of drug-likeness (QED) is 0.319. The van der Waals surface area contributed by atoms with Crippen molar-refractivity contribution in [3.8, 4) is 16.9 Å². The molecule has 4 aromatic rings. The van der Waals surface area contributed by atoms with Crippen LogP contribution in [-0.2, 0) is 4.74 Å². The van der Waals surface area contributed by atoms with E-state index in [0.29, 0.717) is 32.4 Å². The highest BCUT2D eigenvalue weighted by Crippen LogP contribution is 2.40. The lowest BCUT2D eigenvalue weighted by molar-refractivity contribution is 0.0529. The number of nitrogens with one attached hydrogen (secondary N) is 1. The van der Waals surface area contributed by atoms with E-state index >= 15 is 0 Å². The van der Waals surface area contributed by atoms with Gasteiger partial charge in [-0.1, -0.05) is 12.1 Å². The molecule has 176 valence electrons. The normalized spacial score (nSPS) is 11.0. The first-order valence-electron chi connectivity index (χ1n) is 10.7. The van der Waals surface area contributed by atoms with Crippen LogP contribution in [0.5, 0.6) is 5.75 Å². The van der Waals surface area contributed by atoms with Gasteiger partial charge in [0.1, 0.15) is 26.0 Å². The number of aromatic nitrogens is 1. The highest BCUT2D eigenvalue weighted by atomic mass is 32.1. The molecular formula is C25H25N3O4S2. The molecular weight excluding hydrogens is 470 g/mol. The Bertz CT molecular complexity index is 1400. The summed E-state index contributed by atoms with van der Waals surface area (Å²) in [6.07, 6.45) is 0. The number of ether oxygens (including phenoxy) is 2. The summed E-state index contributed by atoms with van der Waals surface area (Å²) in [6, 6.07) is 7.35. The van der Waals surface area contributed by atoms with Gasteiger partial charge in [0.15, 0.2) is 0 Å². The first kappa shape index (κ1) is 23.7. The van der Waals surface area contributed by atoms with Crippen molar-refractivity contribution in [3.63, 3.8) is 0 Å². The fourth-order valence-electron chi connectivity index (χ4n) is 3.73. The Balaban J connectivity index is 1.74. The minimum Gasteiger partial charge on any atom is -0.497 e. The molecule has 7 nitrogen and oxygen atoms in total. The molecule has 3 N–H and O–H groups in total. The largest absolute Gasteiger partial charge is 0.497 e. The Kier molecular flexibility index (Phi) is 6.58. The van der Waals surface area contributed by atoms with Crippen LogP contribution in [0.4, 0.5) is 10.7 Å². The molecule has 4 rings (SSSR count). The van der Waals surface area contributed by atoms with Crippen LogP contribution in [0, 0.1) is 20.8 Å². The second-order valence-corrected chi connectivity index (χ2v) is 9.61. The van der Waals surface area contributed by atoms with Crippen molar-refractivity contribution in [1.29, 1.82) is 0 Å². The SMILES string of the molecule is CCOC(=O)c1c(-c2ccc(OC)cc2)csc1NC(=O)c1sc2nc(C)c(C)c(C)c2c1N. The van der Waals surface area contributed by atoms with Gasteiger partial charge in [-0.3, -0.25) is 4.79 Å². The molecule has 0 unspecified atom stereocenters. The number of aryl methyl sites for hydroxylation is 2. The summed E-state index contributed by atoms with van der Waals surface area (Å²) in [5, 5.41) is 5.92. The third kappa shape index (κ3) is 4.12. The number of hydrogen-bond donors (Lipinski definition) is 2. The third-order valence-electron chi connectivity index (χ3n) is 5.78. The summed E-state index contributed by atoms with van der Waals surface area (Å²) in [6.45, 7) is 7.88. The van der Waals surface area contributed by atoms with Gasteiger partial charge in [-0.15, -0.1) is 22.7 Å². The van der Waals surface area contributed by atoms with Gasteiger partial charge in [0, 0.05) is 22.0 Å². The summed E-state index contributed by atoms with van der Waals surface area (Å²) in [7, 11) is 1.59. The summed E-state index contributed by atoms with van der Waals surface area (Å²) >= 11 is 2.51. The molecule has 0 aliphatic carbocycles. The molecule has 3 heterocycles. The number of nitrogens with zero attached hydrogens (tertiary/aromatic N) is 1. The maximum absolute atomic E-state index is 13.3. The third-order valence-corrected chi connectivity index (χ3v) is 7.77. The fourth-order valence-corrected chi connectivity index (χ4v) is 5.78. The van der Waals surface area contributed by atoms with Crippen molar-refractivity contribution < 1.29 is 19.1 Å². The van der Waals surface area contributed by atoms with Crippen molar-refractivity contribution >= 4 is 55.5 Å². The Morgan fingerprint density at radius 1 is 1.12 bits per heavy atom. The van der Waals surface area contributed by atoms with Crippen molar-refractivity contribution in [2.24, 2.45) is 0 Å². The molecule has 0 aliphatic rings. The van der Waals surface area contributed by atoms with Crippen LogP contribution in [-0.4, -0.2) is 30.6 Å². The molecule has 0 spiro atoms. The summed E-state index contributed by atoms with van der Waals surface area (Å²) in [4.78, 5) is 31.8. The Morgan fingerprint density at radius 2 is 1.82 bits per heavy atom. The van der Waals surface area contributed by atoms with E-state index < -0.39 is 5.97 Å². The number of methoxy groups -OCH3 is 1. The average Bonchev–Trinajstić information content (AvgIpc) is 3.38. The molecule has 1 aromatic carbocycles. The topological polar surface area (TPSA) is 104 Å². The first-order chi connectivity index (χ1) is 16.3. The molecule has 0 saturated carbocycles. The second-order valence-electron chi connectivity index (χ2n) is 7.73. The lowest BCUT2D eigenvalue weighted by Crippen LogP contribution is -2.15. The molecule has 34 heavy (non-hydrogen) atoms. The predicted molar refractivity (Wildman–Crippen MR) is 138 cm³/mol. The number of thiophene rings is 2. The fraction of sp³-hybridized carbons (Fsp3) is 0.240. The number of carbonyl (C=O) groups is 2. The monoisotopic (exact) mass is 495 g/mol. The van der Waals surface area contributed by atoms with E-state index in [9.17, 15) is 9.59 Å². The van der Waals surface area contributed by atoms with Crippen molar-refractivity contribution in [3.05, 3.63) is 56.9 Å². The van der Waals surface area contributed by atoms with Crippen molar-refractivity contribution in [1.82, 2.24) is 4.98 Å². The molecule has 0 atom stereocenters. The Hall–Kier alpha value is -3.43. The Morgan fingerprint density at radius 3 is 2.47 bits per heavy atom. The highest BCUT2D eigenvalue weighted by Gasteiger charge is 2.26. The standard InChI is InChI=1S/C25H25N3O4S2/c1-6-32-25(30)19-17(15-7-9-16(31-5)10-8-15)11-33-23(19)28-22(29)21-20(26)18-13(3)12(2)14(4)27-24(18)34-21/h7-11H,6,26H2,1-5H3,(H,28,29). The van der Waals surface area contributed by atoms with E-state index in [1.165, 1.54) is 22.7 Å². The number of carbonyl (C=O) groups excluding carboxylic acids is 2.